The van der Waals surface area contributed by atoms with Crippen molar-refractivity contribution in [1.82, 2.24) is 0 Å². The van der Waals surface area contributed by atoms with Gasteiger partial charge in [-0.05, 0) is 41.0 Å². The molecule has 2 aromatic carbocycles. The summed E-state index contributed by atoms with van der Waals surface area (Å²) in [6.45, 7) is 0. The van der Waals surface area contributed by atoms with Crippen LogP contribution in [0.1, 0.15) is 11.1 Å². The summed E-state index contributed by atoms with van der Waals surface area (Å²) < 4.78 is 66.2. The average molecular weight is 296 g/mol. The molecule has 0 saturated heterocycles. The summed E-state index contributed by atoms with van der Waals surface area (Å²) in [7, 11) is 0. The maximum absolute atomic E-state index is 13.5. The minimum absolute atomic E-state index is 0.0456. The van der Waals surface area contributed by atoms with Crippen molar-refractivity contribution in [2.45, 2.75) is 11.6 Å². The second-order valence-electron chi connectivity index (χ2n) is 4.88. The van der Waals surface area contributed by atoms with E-state index >= 15 is 0 Å². The molecule has 0 radical (unpaired) electrons. The largest absolute Gasteiger partial charge is 0.405 e. The van der Waals surface area contributed by atoms with Gasteiger partial charge in [0.2, 0.25) is 0 Å². The SMILES string of the molecule is Fc1ccc(C2=CC2(c2ccc(F)cc2)C(F)(F)F)cc1. The molecule has 0 fully saturated rings. The number of hydrogen-bond acceptors (Lipinski definition) is 0. The molecule has 3 rings (SSSR count). The van der Waals surface area contributed by atoms with Crippen LogP contribution in [0.2, 0.25) is 0 Å². The van der Waals surface area contributed by atoms with Crippen LogP contribution >= 0.6 is 0 Å². The van der Waals surface area contributed by atoms with Gasteiger partial charge in [0, 0.05) is 0 Å². The molecule has 0 amide bonds. The van der Waals surface area contributed by atoms with E-state index in [4.69, 9.17) is 0 Å². The van der Waals surface area contributed by atoms with Crippen LogP contribution in [0.5, 0.6) is 0 Å². The van der Waals surface area contributed by atoms with Gasteiger partial charge in [-0.2, -0.15) is 13.2 Å². The fraction of sp³-hybridized carbons (Fsp3) is 0.125. The molecule has 0 nitrogen and oxygen atoms in total. The van der Waals surface area contributed by atoms with E-state index in [1.807, 2.05) is 0 Å². The van der Waals surface area contributed by atoms with Gasteiger partial charge < -0.3 is 0 Å². The van der Waals surface area contributed by atoms with E-state index in [1.54, 1.807) is 0 Å². The van der Waals surface area contributed by atoms with Gasteiger partial charge in [0.15, 0.2) is 0 Å². The van der Waals surface area contributed by atoms with Crippen molar-refractivity contribution in [1.29, 1.82) is 0 Å². The Morgan fingerprint density at radius 1 is 0.714 bits per heavy atom. The van der Waals surface area contributed by atoms with Gasteiger partial charge in [-0.1, -0.05) is 30.3 Å². The maximum atomic E-state index is 13.5. The molecule has 21 heavy (non-hydrogen) atoms. The van der Waals surface area contributed by atoms with Crippen molar-refractivity contribution in [3.8, 4) is 0 Å². The fourth-order valence-corrected chi connectivity index (χ4v) is 2.47. The van der Waals surface area contributed by atoms with Crippen LogP contribution in [0, 0.1) is 11.6 Å². The minimum atomic E-state index is -4.53. The molecule has 108 valence electrons. The lowest BCUT2D eigenvalue weighted by Gasteiger charge is -2.23. The molecule has 1 aliphatic carbocycles. The first-order valence-corrected chi connectivity index (χ1v) is 6.16. The number of rotatable bonds is 2. The van der Waals surface area contributed by atoms with Crippen molar-refractivity contribution in [3.63, 3.8) is 0 Å². The van der Waals surface area contributed by atoms with Gasteiger partial charge in [0.05, 0.1) is 0 Å². The first-order chi connectivity index (χ1) is 9.84. The second-order valence-corrected chi connectivity index (χ2v) is 4.88. The Balaban J connectivity index is 2.03. The quantitative estimate of drug-likeness (QED) is 0.694. The van der Waals surface area contributed by atoms with Crippen LogP contribution in [0.15, 0.2) is 54.6 Å². The molecule has 2 aromatic rings. The maximum Gasteiger partial charge on any atom is 0.405 e. The molecular weight excluding hydrogens is 287 g/mol. The van der Waals surface area contributed by atoms with E-state index in [0.29, 0.717) is 5.56 Å². The van der Waals surface area contributed by atoms with Crippen molar-refractivity contribution in [2.75, 3.05) is 0 Å². The summed E-state index contributed by atoms with van der Waals surface area (Å²) in [4.78, 5) is 0. The molecule has 1 aliphatic rings. The predicted octanol–water partition coefficient (Wildman–Crippen LogP) is 4.86. The molecule has 0 heterocycles. The van der Waals surface area contributed by atoms with Gasteiger partial charge >= 0.3 is 6.18 Å². The molecule has 0 aromatic heterocycles. The highest BCUT2D eigenvalue weighted by atomic mass is 19.4. The number of hydrogen-bond donors (Lipinski definition) is 0. The molecule has 0 bridgehead atoms. The topological polar surface area (TPSA) is 0 Å². The number of alkyl halides is 3. The monoisotopic (exact) mass is 296 g/mol. The molecule has 0 saturated carbocycles. The highest BCUT2D eigenvalue weighted by Crippen LogP contribution is 2.61. The zero-order valence-electron chi connectivity index (χ0n) is 10.6. The Bertz CT molecular complexity index is 695. The summed E-state index contributed by atoms with van der Waals surface area (Å²) in [5.41, 5.74) is -1.89. The highest BCUT2D eigenvalue weighted by Gasteiger charge is 2.65. The third-order valence-electron chi connectivity index (χ3n) is 3.60. The van der Waals surface area contributed by atoms with Gasteiger partial charge in [0.1, 0.15) is 17.0 Å². The Morgan fingerprint density at radius 2 is 1.19 bits per heavy atom. The molecule has 0 aliphatic heterocycles. The minimum Gasteiger partial charge on any atom is -0.207 e. The van der Waals surface area contributed by atoms with Crippen LogP contribution in [0.4, 0.5) is 22.0 Å². The van der Waals surface area contributed by atoms with Gasteiger partial charge in [-0.3, -0.25) is 0 Å². The van der Waals surface area contributed by atoms with Gasteiger partial charge in [-0.25, -0.2) is 8.78 Å². The summed E-state index contributed by atoms with van der Waals surface area (Å²) >= 11 is 0. The molecule has 1 atom stereocenters. The van der Waals surface area contributed by atoms with Crippen LogP contribution in [0.3, 0.4) is 0 Å². The number of halogens is 5. The Hall–Kier alpha value is -2.17. The smallest absolute Gasteiger partial charge is 0.207 e. The van der Waals surface area contributed by atoms with Crippen molar-refractivity contribution >= 4 is 5.57 Å². The van der Waals surface area contributed by atoms with Crippen LogP contribution in [-0.4, -0.2) is 6.18 Å². The summed E-state index contributed by atoms with van der Waals surface area (Å²) in [5, 5.41) is 0. The Morgan fingerprint density at radius 3 is 1.67 bits per heavy atom. The van der Waals surface area contributed by atoms with Crippen molar-refractivity contribution in [3.05, 3.63) is 77.4 Å². The third kappa shape index (κ3) is 2.13. The van der Waals surface area contributed by atoms with Crippen LogP contribution < -0.4 is 0 Å². The zero-order chi connectivity index (χ0) is 15.3. The van der Waals surface area contributed by atoms with E-state index in [0.717, 1.165) is 42.5 Å². The first kappa shape index (κ1) is 13.8. The van der Waals surface area contributed by atoms with Crippen molar-refractivity contribution in [2.24, 2.45) is 0 Å². The Kier molecular flexibility index (Phi) is 2.90. The summed E-state index contributed by atoms with van der Waals surface area (Å²) in [6, 6.07) is 9.07. The lowest BCUT2D eigenvalue weighted by Crippen LogP contribution is -2.31. The molecule has 0 spiro atoms. The lowest BCUT2D eigenvalue weighted by molar-refractivity contribution is -0.151. The average Bonchev–Trinajstić information content (AvgIpc) is 3.17. The lowest BCUT2D eigenvalue weighted by atomic mass is 9.87. The number of allylic oxidation sites excluding steroid dienone is 2. The highest BCUT2D eigenvalue weighted by molar-refractivity contribution is 5.92. The van der Waals surface area contributed by atoms with Crippen molar-refractivity contribution < 1.29 is 22.0 Å². The third-order valence-corrected chi connectivity index (χ3v) is 3.60. The number of benzene rings is 2. The standard InChI is InChI=1S/C16H9F5/c17-12-5-1-10(2-6-12)14-9-15(14,16(19,20)21)11-3-7-13(18)8-4-11/h1-9H. The van der Waals surface area contributed by atoms with E-state index in [-0.39, 0.29) is 11.1 Å². The summed E-state index contributed by atoms with van der Waals surface area (Å²) in [6.07, 6.45) is -3.46. The van der Waals surface area contributed by atoms with Crippen LogP contribution in [0.25, 0.3) is 5.57 Å². The fourth-order valence-electron chi connectivity index (χ4n) is 2.47. The van der Waals surface area contributed by atoms with Gasteiger partial charge in [-0.15, -0.1) is 0 Å². The Labute approximate surface area is 117 Å². The van der Waals surface area contributed by atoms with E-state index in [1.165, 1.54) is 12.1 Å². The second kappa shape index (κ2) is 4.41. The molecule has 5 heteroatoms. The molecule has 1 unspecified atom stereocenters. The van der Waals surface area contributed by atoms with E-state index in [9.17, 15) is 22.0 Å². The first-order valence-electron chi connectivity index (χ1n) is 6.16. The van der Waals surface area contributed by atoms with Crippen LogP contribution in [-0.2, 0) is 5.41 Å². The van der Waals surface area contributed by atoms with E-state index < -0.39 is 23.2 Å². The molecular formula is C16H9F5. The normalized spacial score (nSPS) is 21.1. The predicted molar refractivity (Wildman–Crippen MR) is 68.5 cm³/mol. The van der Waals surface area contributed by atoms with E-state index in [2.05, 4.69) is 0 Å². The summed E-state index contributed by atoms with van der Waals surface area (Å²) in [5.74, 6) is -1.11. The zero-order valence-corrected chi connectivity index (χ0v) is 10.6. The molecule has 0 N–H and O–H groups in total. The van der Waals surface area contributed by atoms with Gasteiger partial charge in [0.25, 0.3) is 0 Å².